The van der Waals surface area contributed by atoms with Gasteiger partial charge in [0.15, 0.2) is 0 Å². The van der Waals surface area contributed by atoms with Crippen molar-refractivity contribution in [1.82, 2.24) is 5.32 Å². The van der Waals surface area contributed by atoms with Gasteiger partial charge in [-0.3, -0.25) is 19.8 Å². The number of hydrogen-bond donors (Lipinski definition) is 2. The Morgan fingerprint density at radius 2 is 2.18 bits per heavy atom. The Balaban J connectivity index is 1.43. The van der Waals surface area contributed by atoms with Gasteiger partial charge < -0.3 is 20.7 Å². The number of cyclic esters (lactones) is 1. The Kier molecular flexibility index (Phi) is 6.63. The largest absolute Gasteiger partial charge is 0.442 e. The van der Waals surface area contributed by atoms with Gasteiger partial charge in [0.2, 0.25) is 0 Å². The van der Waals surface area contributed by atoms with Crippen LogP contribution in [0.2, 0.25) is 0 Å². The van der Waals surface area contributed by atoms with Crippen LogP contribution in [0.5, 0.6) is 0 Å². The van der Waals surface area contributed by atoms with E-state index >= 15 is 0 Å². The van der Waals surface area contributed by atoms with E-state index < -0.39 is 23.0 Å². The van der Waals surface area contributed by atoms with Gasteiger partial charge >= 0.3 is 6.09 Å². The van der Waals surface area contributed by atoms with Crippen molar-refractivity contribution in [2.24, 2.45) is 5.73 Å². The quantitative estimate of drug-likeness (QED) is 0.352. The number of allylic oxidation sites excluding steroid dienone is 3. The maximum Gasteiger partial charge on any atom is 0.414 e. The maximum absolute atomic E-state index is 12.5. The van der Waals surface area contributed by atoms with Crippen molar-refractivity contribution in [3.8, 4) is 0 Å². The first-order chi connectivity index (χ1) is 15.7. The number of halogens is 1. The van der Waals surface area contributed by atoms with Crippen molar-refractivity contribution in [3.05, 3.63) is 51.1 Å². The van der Waals surface area contributed by atoms with Gasteiger partial charge in [-0.2, -0.15) is 0 Å². The number of hydrogen-bond acceptors (Lipinski definition) is 8. The molecule has 2 aliphatic heterocycles. The summed E-state index contributed by atoms with van der Waals surface area (Å²) in [5.41, 5.74) is 6.96. The Hall–Kier alpha value is -3.02. The normalized spacial score (nSPS) is 22.7. The van der Waals surface area contributed by atoms with Crippen LogP contribution in [0.25, 0.3) is 0 Å². The number of benzene rings is 1. The molecule has 0 bridgehead atoms. The molecule has 0 aromatic heterocycles. The molecule has 1 aliphatic carbocycles. The molecule has 2 atom stereocenters. The van der Waals surface area contributed by atoms with Gasteiger partial charge in [0, 0.05) is 41.5 Å². The Morgan fingerprint density at radius 3 is 2.88 bits per heavy atom. The summed E-state index contributed by atoms with van der Waals surface area (Å²) in [6.07, 6.45) is 3.13. The fourth-order valence-corrected chi connectivity index (χ4v) is 4.43. The van der Waals surface area contributed by atoms with Crippen LogP contribution in [-0.2, 0) is 9.53 Å². The third-order valence-electron chi connectivity index (χ3n) is 5.71. The van der Waals surface area contributed by atoms with Crippen LogP contribution in [0.1, 0.15) is 12.8 Å². The zero-order chi connectivity index (χ0) is 23.7. The number of rotatable bonds is 6. The lowest BCUT2D eigenvalue weighted by atomic mass is 10.0. The van der Waals surface area contributed by atoms with E-state index in [1.165, 1.54) is 17.0 Å². The van der Waals surface area contributed by atoms with Crippen molar-refractivity contribution >= 4 is 57.7 Å². The van der Waals surface area contributed by atoms with E-state index in [-0.39, 0.29) is 24.8 Å². The molecule has 12 heteroatoms. The van der Waals surface area contributed by atoms with Gasteiger partial charge in [-0.15, -0.1) is 0 Å². The number of amides is 2. The molecule has 1 aromatic carbocycles. The summed E-state index contributed by atoms with van der Waals surface area (Å²) in [6, 6.07) is 4.61. The average Bonchev–Trinajstić information content (AvgIpc) is 3.38. The summed E-state index contributed by atoms with van der Waals surface area (Å²) < 4.78 is 5.34. The second-order valence-electron chi connectivity index (χ2n) is 8.03. The van der Waals surface area contributed by atoms with Crippen molar-refractivity contribution < 1.29 is 19.2 Å². The molecule has 2 amide bonds. The number of carbonyl (C=O) groups is 2. The predicted molar refractivity (Wildman–Crippen MR) is 128 cm³/mol. The van der Waals surface area contributed by atoms with Crippen LogP contribution in [0.3, 0.4) is 0 Å². The minimum Gasteiger partial charge on any atom is -0.442 e. The first kappa shape index (κ1) is 23.1. The number of nitrogens with two attached hydrogens (primary N) is 1. The number of nitro benzene ring substituents is 1. The van der Waals surface area contributed by atoms with E-state index in [4.69, 9.17) is 34.3 Å². The van der Waals surface area contributed by atoms with Crippen LogP contribution in [0.4, 0.5) is 21.9 Å². The maximum atomic E-state index is 12.5. The van der Waals surface area contributed by atoms with Crippen molar-refractivity contribution in [1.29, 1.82) is 0 Å². The Labute approximate surface area is 200 Å². The van der Waals surface area contributed by atoms with Crippen LogP contribution in [-0.4, -0.2) is 60.1 Å². The fourth-order valence-electron chi connectivity index (χ4n) is 4.01. The Bertz CT molecular complexity index is 1090. The lowest BCUT2D eigenvalue weighted by Gasteiger charge is -2.20. The molecule has 3 N–H and O–H groups in total. The Morgan fingerprint density at radius 1 is 1.39 bits per heavy atom. The number of nitrogens with zero attached hydrogens (tertiary/aromatic N) is 3. The summed E-state index contributed by atoms with van der Waals surface area (Å²) in [4.78, 5) is 39.8. The zero-order valence-corrected chi connectivity index (χ0v) is 19.1. The number of thiocarbonyl (C=S) groups is 1. The minimum absolute atomic E-state index is 0.0282. The molecule has 0 saturated carbocycles. The number of ether oxygens (including phenoxy) is 1. The number of nitrogens with one attached hydrogen (secondary N) is 1. The second-order valence-corrected chi connectivity index (χ2v) is 8.95. The van der Waals surface area contributed by atoms with E-state index in [1.807, 2.05) is 4.90 Å². The molecule has 33 heavy (non-hydrogen) atoms. The van der Waals surface area contributed by atoms with E-state index in [1.54, 1.807) is 18.2 Å². The summed E-state index contributed by atoms with van der Waals surface area (Å²) in [7, 11) is 0. The van der Waals surface area contributed by atoms with Crippen molar-refractivity contribution in [3.63, 3.8) is 0 Å². The third-order valence-corrected chi connectivity index (χ3v) is 6.36. The van der Waals surface area contributed by atoms with Gasteiger partial charge in [0.05, 0.1) is 29.3 Å². The van der Waals surface area contributed by atoms with Gasteiger partial charge in [0.25, 0.3) is 11.6 Å². The van der Waals surface area contributed by atoms with Crippen LogP contribution in [0.15, 0.2) is 41.0 Å². The fraction of sp³-hybridized carbons (Fsp3) is 0.381. The molecule has 0 radical (unpaired) electrons. The monoisotopic (exact) mass is 491 g/mol. The molecule has 2 saturated heterocycles. The van der Waals surface area contributed by atoms with Gasteiger partial charge in [-0.1, -0.05) is 29.9 Å². The lowest BCUT2D eigenvalue weighted by Crippen LogP contribution is -2.36. The van der Waals surface area contributed by atoms with Crippen LogP contribution >= 0.6 is 23.8 Å². The standard InChI is InChI=1S/C21H22ClN5O5S/c22-12-1-4-19(33)16(7-12)20(28)24-9-15-11-26(21(29)32-15)14-2-3-17(18(8-14)27(30)31)25-6-5-13(23)10-25/h1-3,7-8,13,15H,4-6,9-11,23H2,(H,24,28). The van der Waals surface area contributed by atoms with Crippen LogP contribution in [0, 0.1) is 10.1 Å². The van der Waals surface area contributed by atoms with Crippen molar-refractivity contribution in [2.45, 2.75) is 25.0 Å². The molecule has 4 rings (SSSR count). The van der Waals surface area contributed by atoms with Crippen LogP contribution < -0.4 is 20.9 Å². The smallest absolute Gasteiger partial charge is 0.414 e. The first-order valence-corrected chi connectivity index (χ1v) is 11.2. The van der Waals surface area contributed by atoms with Gasteiger partial charge in [-0.25, -0.2) is 4.79 Å². The number of carbonyl (C=O) groups excluding carboxylic acids is 2. The van der Waals surface area contributed by atoms with E-state index in [2.05, 4.69) is 5.32 Å². The molecule has 2 fully saturated rings. The summed E-state index contributed by atoms with van der Waals surface area (Å²) in [5.74, 6) is -0.399. The molecule has 174 valence electrons. The molecule has 1 aromatic rings. The van der Waals surface area contributed by atoms with Gasteiger partial charge in [-0.05, 0) is 24.6 Å². The molecule has 2 unspecified atom stereocenters. The van der Waals surface area contributed by atoms with E-state index in [0.717, 1.165) is 6.42 Å². The highest BCUT2D eigenvalue weighted by Crippen LogP contribution is 2.35. The van der Waals surface area contributed by atoms with E-state index in [9.17, 15) is 19.7 Å². The van der Waals surface area contributed by atoms with Crippen molar-refractivity contribution in [2.75, 3.05) is 36.0 Å². The first-order valence-electron chi connectivity index (χ1n) is 10.4. The second kappa shape index (κ2) is 9.46. The zero-order valence-electron chi connectivity index (χ0n) is 17.5. The lowest BCUT2D eigenvalue weighted by molar-refractivity contribution is -0.384. The predicted octanol–water partition coefficient (Wildman–Crippen LogP) is 2.40. The minimum atomic E-state index is -0.641. The summed E-state index contributed by atoms with van der Waals surface area (Å²) in [6.45, 7) is 1.37. The average molecular weight is 492 g/mol. The van der Waals surface area contributed by atoms with Gasteiger partial charge in [0.1, 0.15) is 11.8 Å². The van der Waals surface area contributed by atoms with E-state index in [0.29, 0.717) is 46.4 Å². The highest BCUT2D eigenvalue weighted by Gasteiger charge is 2.35. The molecular formula is C21H22ClN5O5S. The summed E-state index contributed by atoms with van der Waals surface area (Å²) in [5, 5.41) is 14.8. The third kappa shape index (κ3) is 5.00. The molecular weight excluding hydrogens is 470 g/mol. The highest BCUT2D eigenvalue weighted by molar-refractivity contribution is 7.81. The molecule has 0 spiro atoms. The number of anilines is 2. The number of nitro groups is 1. The SMILES string of the molecule is NC1CCN(c2ccc(N3CC(CNC(=O)C4=CC(Cl)=CCC4=S)OC3=O)cc2[N+](=O)[O-])C1. The molecule has 10 nitrogen and oxygen atoms in total. The topological polar surface area (TPSA) is 131 Å². The molecule has 3 aliphatic rings. The highest BCUT2D eigenvalue weighted by atomic mass is 35.5. The summed E-state index contributed by atoms with van der Waals surface area (Å²) >= 11 is 11.2. The molecule has 2 heterocycles.